The van der Waals surface area contributed by atoms with Crippen LogP contribution in [0.5, 0.6) is 5.75 Å². The molecule has 0 fully saturated rings. The molecule has 0 unspecified atom stereocenters. The number of ether oxygens (including phenoxy) is 1. The minimum Gasteiger partial charge on any atom is -0.867 e. The zero-order chi connectivity index (χ0) is 24.9. The van der Waals surface area contributed by atoms with E-state index in [0.29, 0.717) is 16.8 Å². The Bertz CT molecular complexity index is 1170. The Morgan fingerprint density at radius 3 is 2.29 bits per heavy atom. The van der Waals surface area contributed by atoms with Crippen molar-refractivity contribution in [3.63, 3.8) is 0 Å². The summed E-state index contributed by atoms with van der Waals surface area (Å²) >= 11 is 5.58. The van der Waals surface area contributed by atoms with E-state index in [1.807, 2.05) is 12.1 Å². The summed E-state index contributed by atoms with van der Waals surface area (Å²) in [4.78, 5) is 0.132. The maximum absolute atomic E-state index is 13.6. The third kappa shape index (κ3) is 6.36. The molecule has 0 saturated carbocycles. The number of anilines is 1. The largest absolute Gasteiger partial charge is 0.867 e. The summed E-state index contributed by atoms with van der Waals surface area (Å²) in [6.45, 7) is 3.16. The average Bonchev–Trinajstić information content (AvgIpc) is 2.80. The molecule has 34 heavy (non-hydrogen) atoms. The number of thiocarbonyl (C=S) groups is 1. The molecule has 1 heterocycles. The van der Waals surface area contributed by atoms with E-state index in [9.17, 15) is 19.0 Å². The van der Waals surface area contributed by atoms with Gasteiger partial charge >= 0.3 is 6.61 Å². The molecule has 0 saturated heterocycles. The monoisotopic (exact) mass is 484 g/mol. The van der Waals surface area contributed by atoms with Crippen LogP contribution in [0.4, 0.5) is 14.5 Å². The number of aromatic nitrogens is 1. The highest BCUT2D eigenvalue weighted by Gasteiger charge is 2.20. The smallest absolute Gasteiger partial charge is 0.387 e. The molecule has 5 nitrogen and oxygen atoms in total. The molecular formula is C26H26F2N2O3S. The Morgan fingerprint density at radius 2 is 1.74 bits per heavy atom. The molecule has 3 rings (SSSR count). The van der Waals surface area contributed by atoms with E-state index in [2.05, 4.69) is 30.8 Å². The van der Waals surface area contributed by atoms with Gasteiger partial charge in [0.15, 0.2) is 17.4 Å². The van der Waals surface area contributed by atoms with Gasteiger partial charge in [0, 0.05) is 17.3 Å². The van der Waals surface area contributed by atoms with E-state index in [0.717, 1.165) is 5.56 Å². The first-order valence-electron chi connectivity index (χ1n) is 10.6. The molecule has 3 aromatic rings. The van der Waals surface area contributed by atoms with Crippen LogP contribution >= 0.6 is 12.2 Å². The Labute approximate surface area is 203 Å². The van der Waals surface area contributed by atoms with E-state index in [1.165, 1.54) is 24.3 Å². The van der Waals surface area contributed by atoms with E-state index in [4.69, 9.17) is 12.2 Å². The first kappa shape index (κ1) is 25.3. The number of nitrogens with zero attached hydrogens (tertiary/aromatic N) is 1. The van der Waals surface area contributed by atoms with Crippen LogP contribution in [0.1, 0.15) is 37.5 Å². The van der Waals surface area contributed by atoms with Crippen molar-refractivity contribution in [3.8, 4) is 5.75 Å². The van der Waals surface area contributed by atoms with Gasteiger partial charge in [0.25, 0.3) is 0 Å². The molecule has 0 amide bonds. The molecule has 0 spiro atoms. The number of alkyl halides is 2. The fourth-order valence-electron chi connectivity index (χ4n) is 3.26. The van der Waals surface area contributed by atoms with Crippen LogP contribution in [-0.2, 0) is 12.0 Å². The van der Waals surface area contributed by atoms with E-state index < -0.39 is 6.61 Å². The van der Waals surface area contributed by atoms with Crippen molar-refractivity contribution in [2.45, 2.75) is 39.4 Å². The van der Waals surface area contributed by atoms with Gasteiger partial charge in [-0.2, -0.15) is 13.3 Å². The van der Waals surface area contributed by atoms with Gasteiger partial charge in [-0.15, -0.1) is 0 Å². The van der Waals surface area contributed by atoms with Crippen molar-refractivity contribution in [1.82, 2.24) is 0 Å². The molecule has 2 N–H and O–H groups in total. The second-order valence-electron chi connectivity index (χ2n) is 8.64. The van der Waals surface area contributed by atoms with Crippen LogP contribution in [0.3, 0.4) is 0 Å². The van der Waals surface area contributed by atoms with Gasteiger partial charge < -0.3 is 20.3 Å². The van der Waals surface area contributed by atoms with Crippen LogP contribution in [0.15, 0.2) is 73.1 Å². The summed E-state index contributed by atoms with van der Waals surface area (Å²) in [5.41, 5.74) is 2.77. The molecule has 0 bridgehead atoms. The number of aliphatic hydroxyl groups is 1. The number of nitrogens with one attached hydrogen (secondary N) is 1. The van der Waals surface area contributed by atoms with Crippen molar-refractivity contribution < 1.29 is 28.3 Å². The fourth-order valence-corrected chi connectivity index (χ4v) is 3.58. The number of rotatable bonds is 7. The second-order valence-corrected chi connectivity index (χ2v) is 9.05. The zero-order valence-electron chi connectivity index (χ0n) is 19.1. The Kier molecular flexibility index (Phi) is 7.96. The highest BCUT2D eigenvalue weighted by molar-refractivity contribution is 7.81. The number of hydrogen-bond donors (Lipinski definition) is 2. The van der Waals surface area contributed by atoms with Gasteiger partial charge in [0.05, 0.1) is 6.61 Å². The maximum Gasteiger partial charge on any atom is 0.387 e. The Hall–Kier alpha value is -3.36. The zero-order valence-corrected chi connectivity index (χ0v) is 19.9. The van der Waals surface area contributed by atoms with E-state index in [-0.39, 0.29) is 34.2 Å². The predicted octanol–water partition coefficient (Wildman–Crippen LogP) is 4.49. The molecule has 1 aromatic heterocycles. The molecule has 0 aliphatic rings. The van der Waals surface area contributed by atoms with Crippen LogP contribution in [0.25, 0.3) is 11.5 Å². The maximum atomic E-state index is 13.6. The SMILES string of the molecule is CC(C)(C)c1ccc(/C([O-])=C(/C(=S)Nc2ccc(OC(F)F)cc2)[n+]2cccc(CO)c2)cc1. The number of aliphatic hydroxyl groups excluding tert-OH is 1. The lowest BCUT2D eigenvalue weighted by Gasteiger charge is -2.21. The molecule has 0 radical (unpaired) electrons. The van der Waals surface area contributed by atoms with Crippen molar-refractivity contribution in [2.24, 2.45) is 0 Å². The van der Waals surface area contributed by atoms with Crippen LogP contribution in [-0.4, -0.2) is 16.7 Å². The summed E-state index contributed by atoms with van der Waals surface area (Å²) < 4.78 is 30.7. The summed E-state index contributed by atoms with van der Waals surface area (Å²) in [6.07, 6.45) is 3.30. The highest BCUT2D eigenvalue weighted by atomic mass is 32.1. The third-order valence-electron chi connectivity index (χ3n) is 5.08. The third-order valence-corrected chi connectivity index (χ3v) is 5.38. The molecule has 2 aromatic carbocycles. The molecule has 178 valence electrons. The van der Waals surface area contributed by atoms with Crippen molar-refractivity contribution in [1.29, 1.82) is 0 Å². The Balaban J connectivity index is 2.00. The minimum absolute atomic E-state index is 0.00991. The first-order chi connectivity index (χ1) is 16.1. The summed E-state index contributed by atoms with van der Waals surface area (Å²) in [6, 6.07) is 16.6. The van der Waals surface area contributed by atoms with E-state index in [1.54, 1.807) is 41.2 Å². The summed E-state index contributed by atoms with van der Waals surface area (Å²) in [7, 11) is 0. The van der Waals surface area contributed by atoms with Crippen molar-refractivity contribution >= 4 is 34.3 Å². The van der Waals surface area contributed by atoms with Gasteiger partial charge in [-0.1, -0.05) is 57.3 Å². The molecule has 8 heteroatoms. The predicted molar refractivity (Wildman–Crippen MR) is 130 cm³/mol. The molecule has 0 atom stereocenters. The Morgan fingerprint density at radius 1 is 1.09 bits per heavy atom. The first-order valence-corrected chi connectivity index (χ1v) is 11.0. The van der Waals surface area contributed by atoms with Crippen LogP contribution < -0.4 is 19.7 Å². The quantitative estimate of drug-likeness (QED) is 0.224. The number of halogens is 2. The number of benzene rings is 2. The second kappa shape index (κ2) is 10.7. The van der Waals surface area contributed by atoms with Gasteiger partial charge in [-0.05, 0) is 52.6 Å². The standard InChI is InChI=1S/C26H26F2N2O3S/c1-26(2,3)19-8-6-18(7-9-19)23(32)22(30-14-4-5-17(15-30)16-31)24(34)29-20-10-12-21(13-11-20)33-25(27)28/h4-15,25,31H,16H2,1-3H3,(H-,29,32,34). The topological polar surface area (TPSA) is 68.4 Å². The van der Waals surface area contributed by atoms with Crippen LogP contribution in [0.2, 0.25) is 0 Å². The lowest BCUT2D eigenvalue weighted by Crippen LogP contribution is -2.40. The van der Waals surface area contributed by atoms with E-state index >= 15 is 0 Å². The highest BCUT2D eigenvalue weighted by Crippen LogP contribution is 2.25. The van der Waals surface area contributed by atoms with Crippen molar-refractivity contribution in [3.05, 3.63) is 89.7 Å². The lowest BCUT2D eigenvalue weighted by atomic mass is 9.86. The van der Waals surface area contributed by atoms with Crippen LogP contribution in [0, 0.1) is 0 Å². The van der Waals surface area contributed by atoms with Gasteiger partial charge in [0.2, 0.25) is 5.70 Å². The van der Waals surface area contributed by atoms with Gasteiger partial charge in [0.1, 0.15) is 5.75 Å². The normalized spacial score (nSPS) is 12.3. The molecule has 0 aliphatic carbocycles. The summed E-state index contributed by atoms with van der Waals surface area (Å²) in [5.74, 6) is -0.300. The van der Waals surface area contributed by atoms with Crippen molar-refractivity contribution in [2.75, 3.05) is 5.32 Å². The minimum atomic E-state index is -2.92. The fraction of sp³-hybridized carbons (Fsp3) is 0.231. The lowest BCUT2D eigenvalue weighted by molar-refractivity contribution is -0.578. The molecule has 0 aliphatic heterocycles. The number of pyridine rings is 1. The molecular weight excluding hydrogens is 458 g/mol. The number of hydrogen-bond acceptors (Lipinski definition) is 4. The van der Waals surface area contributed by atoms with Gasteiger partial charge in [-0.3, -0.25) is 0 Å². The summed E-state index contributed by atoms with van der Waals surface area (Å²) in [5, 5.41) is 26.1. The van der Waals surface area contributed by atoms with Gasteiger partial charge in [-0.25, -0.2) is 0 Å². The average molecular weight is 485 g/mol.